The number of hydrogen-bond acceptors (Lipinski definition) is 5. The van der Waals surface area contributed by atoms with Gasteiger partial charge >= 0.3 is 5.97 Å². The number of nitrogens with two attached hydrogens (primary N) is 1. The maximum atomic E-state index is 11.4. The van der Waals surface area contributed by atoms with Crippen LogP contribution in [0.3, 0.4) is 0 Å². The van der Waals surface area contributed by atoms with E-state index in [1.807, 2.05) is 0 Å². The van der Waals surface area contributed by atoms with Crippen LogP contribution in [-0.2, 0) is 9.59 Å². The molecule has 0 heterocycles. The first-order valence-electron chi connectivity index (χ1n) is 5.65. The molecule has 0 aliphatic heterocycles. The second-order valence-electron chi connectivity index (χ2n) is 4.01. The molecule has 0 aromatic rings. The molecule has 0 unspecified atom stereocenters. The van der Waals surface area contributed by atoms with Crippen LogP contribution in [0.15, 0.2) is 11.6 Å². The van der Waals surface area contributed by atoms with Crippen molar-refractivity contribution < 1.29 is 25.0 Å². The van der Waals surface area contributed by atoms with Crippen molar-refractivity contribution in [2.75, 3.05) is 13.2 Å². The second kappa shape index (κ2) is 8.62. The van der Waals surface area contributed by atoms with Gasteiger partial charge in [0.15, 0.2) is 0 Å². The van der Waals surface area contributed by atoms with E-state index >= 15 is 0 Å². The lowest BCUT2D eigenvalue weighted by Crippen LogP contribution is -2.32. The topological polar surface area (TPSA) is 124 Å². The van der Waals surface area contributed by atoms with Crippen molar-refractivity contribution in [2.45, 2.75) is 32.2 Å². The normalized spacial score (nSPS) is 13.2. The molecule has 0 saturated carbocycles. The minimum atomic E-state index is -1.11. The summed E-state index contributed by atoms with van der Waals surface area (Å²) >= 11 is 0. The molecular formula is C11H20N2O5. The number of amides is 1. The minimum absolute atomic E-state index is 0.0166. The van der Waals surface area contributed by atoms with Crippen LogP contribution in [0.25, 0.3) is 0 Å². The summed E-state index contributed by atoms with van der Waals surface area (Å²) in [6, 6.07) is -0.986. The van der Waals surface area contributed by atoms with Crippen LogP contribution < -0.4 is 5.73 Å². The van der Waals surface area contributed by atoms with E-state index in [1.54, 1.807) is 6.92 Å². The van der Waals surface area contributed by atoms with Crippen molar-refractivity contribution in [3.63, 3.8) is 0 Å². The first-order chi connectivity index (χ1) is 8.38. The summed E-state index contributed by atoms with van der Waals surface area (Å²) < 4.78 is 0. The Kier molecular flexibility index (Phi) is 7.93. The van der Waals surface area contributed by atoms with Crippen LogP contribution >= 0.6 is 0 Å². The van der Waals surface area contributed by atoms with Gasteiger partial charge in [0, 0.05) is 19.2 Å². The Labute approximate surface area is 105 Å². The molecule has 7 heteroatoms. The Balaban J connectivity index is 4.02. The van der Waals surface area contributed by atoms with Crippen molar-refractivity contribution in [2.24, 2.45) is 5.73 Å². The number of carbonyl (C=O) groups excluding carboxylic acids is 1. The van der Waals surface area contributed by atoms with Gasteiger partial charge in [-0.1, -0.05) is 5.57 Å². The average molecular weight is 260 g/mol. The molecule has 5 N–H and O–H groups in total. The molecule has 104 valence electrons. The molecule has 0 saturated heterocycles. The van der Waals surface area contributed by atoms with Crippen molar-refractivity contribution in [1.82, 2.24) is 5.06 Å². The number of aliphatic hydroxyl groups is 1. The lowest BCUT2D eigenvalue weighted by atomic mass is 10.1. The van der Waals surface area contributed by atoms with Crippen LogP contribution in [0.2, 0.25) is 0 Å². The highest BCUT2D eigenvalue weighted by Gasteiger charge is 2.13. The molecule has 0 aromatic carbocycles. The fourth-order valence-electron chi connectivity index (χ4n) is 1.23. The van der Waals surface area contributed by atoms with Crippen LogP contribution in [-0.4, -0.2) is 51.6 Å². The fraction of sp³-hybridized carbons (Fsp3) is 0.636. The maximum Gasteiger partial charge on any atom is 0.320 e. The van der Waals surface area contributed by atoms with Gasteiger partial charge in [0.25, 0.3) is 5.91 Å². The Morgan fingerprint density at radius 2 is 2.06 bits per heavy atom. The van der Waals surface area contributed by atoms with E-state index in [0.717, 1.165) is 0 Å². The Morgan fingerprint density at radius 3 is 2.56 bits per heavy atom. The molecule has 18 heavy (non-hydrogen) atoms. The molecule has 0 bridgehead atoms. The molecule has 0 spiro atoms. The molecule has 0 rings (SSSR count). The van der Waals surface area contributed by atoms with E-state index in [1.165, 1.54) is 6.08 Å². The standard InChI is InChI=1S/C11H20N2O5/c1-8(4-6-14)7-10(15)13(18)5-2-3-9(12)11(16)17/h7,9,14,18H,2-6,12H2,1H3,(H,16,17)/b8-7+/t9-/m1/s1. The van der Waals surface area contributed by atoms with Gasteiger partial charge in [-0.2, -0.15) is 0 Å². The van der Waals surface area contributed by atoms with Crippen molar-refractivity contribution >= 4 is 11.9 Å². The number of carboxylic acids is 1. The Hall–Kier alpha value is -1.44. The zero-order valence-electron chi connectivity index (χ0n) is 10.4. The monoisotopic (exact) mass is 260 g/mol. The summed E-state index contributed by atoms with van der Waals surface area (Å²) in [5.74, 6) is -1.70. The first-order valence-corrected chi connectivity index (χ1v) is 5.65. The fourth-order valence-corrected chi connectivity index (χ4v) is 1.23. The molecule has 0 aromatic heterocycles. The van der Waals surface area contributed by atoms with Gasteiger partial charge in [0.05, 0.1) is 0 Å². The van der Waals surface area contributed by atoms with E-state index < -0.39 is 17.9 Å². The van der Waals surface area contributed by atoms with Gasteiger partial charge < -0.3 is 15.9 Å². The molecule has 0 aliphatic rings. The van der Waals surface area contributed by atoms with E-state index in [9.17, 15) is 14.8 Å². The molecule has 0 aliphatic carbocycles. The molecule has 7 nitrogen and oxygen atoms in total. The molecular weight excluding hydrogens is 240 g/mol. The van der Waals surface area contributed by atoms with Gasteiger partial charge in [-0.15, -0.1) is 0 Å². The van der Waals surface area contributed by atoms with Crippen LogP contribution in [0.4, 0.5) is 0 Å². The number of hydrogen-bond donors (Lipinski definition) is 4. The predicted molar refractivity (Wildman–Crippen MR) is 63.8 cm³/mol. The smallest absolute Gasteiger partial charge is 0.320 e. The largest absolute Gasteiger partial charge is 0.480 e. The summed E-state index contributed by atoms with van der Waals surface area (Å²) in [6.45, 7) is 1.62. The highest BCUT2D eigenvalue weighted by Crippen LogP contribution is 2.02. The van der Waals surface area contributed by atoms with Crippen LogP contribution in [0, 0.1) is 0 Å². The van der Waals surface area contributed by atoms with Crippen LogP contribution in [0.5, 0.6) is 0 Å². The highest BCUT2D eigenvalue weighted by atomic mass is 16.5. The van der Waals surface area contributed by atoms with Gasteiger partial charge in [0.2, 0.25) is 0 Å². The first kappa shape index (κ1) is 16.6. The summed E-state index contributed by atoms with van der Waals surface area (Å²) in [5.41, 5.74) is 5.93. The van der Waals surface area contributed by atoms with E-state index in [2.05, 4.69) is 0 Å². The number of hydroxylamine groups is 2. The third kappa shape index (κ3) is 7.00. The number of carboxylic acid groups (broad SMARTS) is 1. The highest BCUT2D eigenvalue weighted by molar-refractivity contribution is 5.87. The third-order valence-corrected chi connectivity index (χ3v) is 2.33. The summed E-state index contributed by atoms with van der Waals surface area (Å²) in [5, 5.41) is 27.1. The number of rotatable bonds is 8. The summed E-state index contributed by atoms with van der Waals surface area (Å²) in [7, 11) is 0. The SMILES string of the molecule is C/C(=C\C(=O)N(O)CCC[C@@H](N)C(=O)O)CCO. The lowest BCUT2D eigenvalue weighted by Gasteiger charge is -2.14. The number of nitrogens with zero attached hydrogens (tertiary/aromatic N) is 1. The predicted octanol–water partition coefficient (Wildman–Crippen LogP) is -0.275. The van der Waals surface area contributed by atoms with Crippen LogP contribution in [0.1, 0.15) is 26.2 Å². The van der Waals surface area contributed by atoms with Gasteiger partial charge in [-0.3, -0.25) is 14.8 Å². The Bertz CT molecular complexity index is 317. The Morgan fingerprint density at radius 1 is 1.44 bits per heavy atom. The quantitative estimate of drug-likeness (QED) is 0.270. The zero-order chi connectivity index (χ0) is 14.1. The molecule has 1 atom stereocenters. The number of aliphatic carboxylic acids is 1. The third-order valence-electron chi connectivity index (χ3n) is 2.33. The van der Waals surface area contributed by atoms with E-state index in [-0.39, 0.29) is 19.6 Å². The minimum Gasteiger partial charge on any atom is -0.480 e. The van der Waals surface area contributed by atoms with Crippen molar-refractivity contribution in [3.05, 3.63) is 11.6 Å². The van der Waals surface area contributed by atoms with Gasteiger partial charge in [0.1, 0.15) is 6.04 Å². The zero-order valence-corrected chi connectivity index (χ0v) is 10.4. The molecule has 0 fully saturated rings. The molecule has 0 radical (unpaired) electrons. The summed E-state index contributed by atoms with van der Waals surface area (Å²) in [4.78, 5) is 21.8. The lowest BCUT2D eigenvalue weighted by molar-refractivity contribution is -0.159. The molecule has 1 amide bonds. The van der Waals surface area contributed by atoms with Crippen molar-refractivity contribution in [1.29, 1.82) is 0 Å². The van der Waals surface area contributed by atoms with Gasteiger partial charge in [-0.05, 0) is 26.2 Å². The number of aliphatic hydroxyl groups excluding tert-OH is 1. The van der Waals surface area contributed by atoms with E-state index in [0.29, 0.717) is 23.5 Å². The summed E-state index contributed by atoms with van der Waals surface area (Å²) in [6.07, 6.45) is 2.07. The average Bonchev–Trinajstić information content (AvgIpc) is 2.28. The second-order valence-corrected chi connectivity index (χ2v) is 4.01. The van der Waals surface area contributed by atoms with Gasteiger partial charge in [-0.25, -0.2) is 5.06 Å². The van der Waals surface area contributed by atoms with Crippen molar-refractivity contribution in [3.8, 4) is 0 Å². The van der Waals surface area contributed by atoms with E-state index in [4.69, 9.17) is 15.9 Å². The number of carbonyl (C=O) groups is 2. The maximum absolute atomic E-state index is 11.4.